The molecular formula is C26H25FN4O3S. The molecule has 0 aliphatic carbocycles. The fourth-order valence-electron chi connectivity index (χ4n) is 4.51. The summed E-state index contributed by atoms with van der Waals surface area (Å²) in [4.78, 5) is 20.7. The summed E-state index contributed by atoms with van der Waals surface area (Å²) in [6.07, 6.45) is 0. The minimum atomic E-state index is -3.57. The largest absolute Gasteiger partial charge is 0.291 e. The van der Waals surface area contributed by atoms with Gasteiger partial charge in [0.25, 0.3) is 5.56 Å². The summed E-state index contributed by atoms with van der Waals surface area (Å²) < 4.78 is 42.6. The van der Waals surface area contributed by atoms with Crippen molar-refractivity contribution in [3.8, 4) is 5.69 Å². The van der Waals surface area contributed by atoms with Crippen LogP contribution < -0.4 is 5.56 Å². The number of hydrogen-bond donors (Lipinski definition) is 0. The highest BCUT2D eigenvalue weighted by molar-refractivity contribution is 7.89. The Balaban J connectivity index is 1.47. The van der Waals surface area contributed by atoms with Gasteiger partial charge in [0.05, 0.1) is 27.5 Å². The van der Waals surface area contributed by atoms with Crippen LogP contribution in [-0.2, 0) is 10.0 Å². The molecule has 1 aliphatic heterocycles. The molecule has 4 aromatic rings. The van der Waals surface area contributed by atoms with E-state index in [4.69, 9.17) is 4.98 Å². The second kappa shape index (κ2) is 9.33. The van der Waals surface area contributed by atoms with Crippen molar-refractivity contribution < 1.29 is 12.8 Å². The zero-order chi connectivity index (χ0) is 24.6. The third kappa shape index (κ3) is 4.38. The van der Waals surface area contributed by atoms with Crippen LogP contribution in [0.15, 0.2) is 88.6 Å². The number of hydrogen-bond acceptors (Lipinski definition) is 5. The predicted octanol–water partition coefficient (Wildman–Crippen LogP) is 3.59. The van der Waals surface area contributed by atoms with Gasteiger partial charge in [-0.1, -0.05) is 30.3 Å². The molecule has 1 aliphatic rings. The van der Waals surface area contributed by atoms with Gasteiger partial charge in [-0.3, -0.25) is 14.3 Å². The summed E-state index contributed by atoms with van der Waals surface area (Å²) in [6.45, 7) is 3.59. The number of halogens is 1. The minimum absolute atomic E-state index is 0.227. The van der Waals surface area contributed by atoms with Crippen LogP contribution in [0.5, 0.6) is 0 Å². The van der Waals surface area contributed by atoms with Gasteiger partial charge in [-0.2, -0.15) is 4.31 Å². The predicted molar refractivity (Wildman–Crippen MR) is 132 cm³/mol. The van der Waals surface area contributed by atoms with Crippen molar-refractivity contribution in [2.45, 2.75) is 17.9 Å². The molecule has 7 nitrogen and oxygen atoms in total. The van der Waals surface area contributed by atoms with Crippen molar-refractivity contribution in [2.24, 2.45) is 0 Å². The maximum Gasteiger partial charge on any atom is 0.266 e. The smallest absolute Gasteiger partial charge is 0.266 e. The lowest BCUT2D eigenvalue weighted by Crippen LogP contribution is -2.49. The van der Waals surface area contributed by atoms with Gasteiger partial charge in [-0.15, -0.1) is 0 Å². The van der Waals surface area contributed by atoms with E-state index in [2.05, 4.69) is 4.90 Å². The third-order valence-electron chi connectivity index (χ3n) is 6.46. The molecule has 3 aromatic carbocycles. The molecule has 5 rings (SSSR count). The summed E-state index contributed by atoms with van der Waals surface area (Å²) in [5.74, 6) is 0.139. The highest BCUT2D eigenvalue weighted by Gasteiger charge is 2.32. The molecule has 1 aromatic heterocycles. The van der Waals surface area contributed by atoms with E-state index in [1.165, 1.54) is 21.0 Å². The van der Waals surface area contributed by atoms with Crippen LogP contribution in [0.3, 0.4) is 0 Å². The lowest BCUT2D eigenvalue weighted by Gasteiger charge is -2.37. The Bertz CT molecular complexity index is 1510. The van der Waals surface area contributed by atoms with E-state index in [-0.39, 0.29) is 22.3 Å². The van der Waals surface area contributed by atoms with Gasteiger partial charge in [0, 0.05) is 26.2 Å². The van der Waals surface area contributed by atoms with Gasteiger partial charge >= 0.3 is 0 Å². The lowest BCUT2D eigenvalue weighted by atomic mass is 10.1. The van der Waals surface area contributed by atoms with E-state index in [0.29, 0.717) is 48.6 Å². The molecule has 0 saturated carbocycles. The number of piperazine rings is 1. The molecule has 2 heterocycles. The molecule has 1 atom stereocenters. The maximum atomic E-state index is 13.6. The van der Waals surface area contributed by atoms with E-state index in [0.717, 1.165) is 0 Å². The maximum absolute atomic E-state index is 13.6. The third-order valence-corrected chi connectivity index (χ3v) is 8.37. The first kappa shape index (κ1) is 23.3. The standard InChI is InChI=1S/C26H25FN4O3S/c1-19(29-15-17-30(18-16-29)35(33,34)22-7-3-2-4-8-22)25-28-24-10-6-5-9-23(24)26(32)31(25)21-13-11-20(27)12-14-21/h2-14,19H,15-18H2,1H3. The molecule has 9 heteroatoms. The Hall–Kier alpha value is -3.40. The van der Waals surface area contributed by atoms with Gasteiger partial charge in [0.2, 0.25) is 10.0 Å². The van der Waals surface area contributed by atoms with Crippen LogP contribution in [0.2, 0.25) is 0 Å². The molecule has 0 N–H and O–H groups in total. The normalized spacial score (nSPS) is 16.4. The fourth-order valence-corrected chi connectivity index (χ4v) is 5.95. The number of nitrogens with zero attached hydrogens (tertiary/aromatic N) is 4. The minimum Gasteiger partial charge on any atom is -0.291 e. The van der Waals surface area contributed by atoms with E-state index < -0.39 is 10.0 Å². The zero-order valence-corrected chi connectivity index (χ0v) is 20.0. The Morgan fingerprint density at radius 1 is 0.857 bits per heavy atom. The van der Waals surface area contributed by atoms with Crippen molar-refractivity contribution in [3.05, 3.63) is 101 Å². The monoisotopic (exact) mass is 492 g/mol. The highest BCUT2D eigenvalue weighted by Crippen LogP contribution is 2.25. The van der Waals surface area contributed by atoms with Gasteiger partial charge < -0.3 is 0 Å². The first-order valence-corrected chi connectivity index (χ1v) is 12.9. The number of aromatic nitrogens is 2. The van der Waals surface area contributed by atoms with Gasteiger partial charge in [0.1, 0.15) is 11.6 Å². The van der Waals surface area contributed by atoms with Crippen LogP contribution in [0.1, 0.15) is 18.8 Å². The molecule has 1 unspecified atom stereocenters. The molecule has 35 heavy (non-hydrogen) atoms. The summed E-state index contributed by atoms with van der Waals surface area (Å²) in [5.41, 5.74) is 0.888. The number of fused-ring (bicyclic) bond motifs is 1. The molecule has 1 fully saturated rings. The lowest BCUT2D eigenvalue weighted by molar-refractivity contribution is 0.140. The molecule has 0 amide bonds. The topological polar surface area (TPSA) is 75.5 Å². The fraction of sp³-hybridized carbons (Fsp3) is 0.231. The van der Waals surface area contributed by atoms with Gasteiger partial charge in [-0.05, 0) is 55.5 Å². The SMILES string of the molecule is CC(c1nc2ccccc2c(=O)n1-c1ccc(F)cc1)N1CCN(S(=O)(=O)c2ccccc2)CC1. The van der Waals surface area contributed by atoms with Gasteiger partial charge in [0.15, 0.2) is 0 Å². The Kier molecular flexibility index (Phi) is 6.22. The number of sulfonamides is 1. The second-order valence-corrected chi connectivity index (χ2v) is 10.5. The summed E-state index contributed by atoms with van der Waals surface area (Å²) in [7, 11) is -3.57. The molecule has 0 bridgehead atoms. The van der Waals surface area contributed by atoms with Crippen molar-refractivity contribution in [2.75, 3.05) is 26.2 Å². The highest BCUT2D eigenvalue weighted by atomic mass is 32.2. The Morgan fingerprint density at radius 2 is 1.49 bits per heavy atom. The van der Waals surface area contributed by atoms with Crippen molar-refractivity contribution in [1.82, 2.24) is 18.8 Å². The van der Waals surface area contributed by atoms with Crippen LogP contribution >= 0.6 is 0 Å². The van der Waals surface area contributed by atoms with Crippen LogP contribution in [0.4, 0.5) is 4.39 Å². The van der Waals surface area contributed by atoms with Crippen molar-refractivity contribution in [3.63, 3.8) is 0 Å². The summed E-state index contributed by atoms with van der Waals surface area (Å²) in [5, 5.41) is 0.478. The molecule has 0 radical (unpaired) electrons. The Morgan fingerprint density at radius 3 is 2.17 bits per heavy atom. The van der Waals surface area contributed by atoms with Gasteiger partial charge in [-0.25, -0.2) is 17.8 Å². The first-order chi connectivity index (χ1) is 16.9. The van der Waals surface area contributed by atoms with Crippen molar-refractivity contribution >= 4 is 20.9 Å². The number of benzene rings is 3. The number of rotatable bonds is 5. The van der Waals surface area contributed by atoms with E-state index >= 15 is 0 Å². The summed E-state index contributed by atoms with van der Waals surface area (Å²) in [6, 6.07) is 21.0. The average molecular weight is 493 g/mol. The van der Waals surface area contributed by atoms with E-state index in [1.807, 2.05) is 13.0 Å². The number of para-hydroxylation sites is 1. The van der Waals surface area contributed by atoms with Crippen LogP contribution in [0.25, 0.3) is 16.6 Å². The first-order valence-electron chi connectivity index (χ1n) is 11.4. The van der Waals surface area contributed by atoms with Crippen LogP contribution in [-0.4, -0.2) is 53.4 Å². The Labute approximate surface area is 203 Å². The van der Waals surface area contributed by atoms with Crippen LogP contribution in [0, 0.1) is 5.82 Å². The molecular weight excluding hydrogens is 467 g/mol. The molecule has 0 spiro atoms. The van der Waals surface area contributed by atoms with Crippen molar-refractivity contribution in [1.29, 1.82) is 0 Å². The van der Waals surface area contributed by atoms with E-state index in [9.17, 15) is 17.6 Å². The average Bonchev–Trinajstić information content (AvgIpc) is 2.89. The summed E-state index contributed by atoms with van der Waals surface area (Å²) >= 11 is 0. The molecule has 1 saturated heterocycles. The quantitative estimate of drug-likeness (QED) is 0.426. The second-order valence-electron chi connectivity index (χ2n) is 8.53. The molecule has 180 valence electrons. The van der Waals surface area contributed by atoms with E-state index in [1.54, 1.807) is 60.7 Å². The zero-order valence-electron chi connectivity index (χ0n) is 19.2.